The third-order valence-electron chi connectivity index (χ3n) is 1.88. The molecule has 0 atom stereocenters. The number of rotatable bonds is 7. The molecule has 0 bridgehead atoms. The molecular formula is C11H16ClO2PS2. The quantitative estimate of drug-likeness (QED) is 0.668. The van der Waals surface area contributed by atoms with Crippen LogP contribution in [-0.2, 0) is 26.6 Å². The second-order valence-corrected chi connectivity index (χ2v) is 9.93. The minimum Gasteiger partial charge on any atom is -0.322 e. The maximum atomic E-state index is 5.83. The smallest absolute Gasteiger partial charge is 0.247 e. The maximum Gasteiger partial charge on any atom is 0.247 e. The first-order valence-corrected chi connectivity index (χ1v) is 9.98. The largest absolute Gasteiger partial charge is 0.322 e. The van der Waals surface area contributed by atoms with Crippen LogP contribution in [0.3, 0.4) is 0 Å². The van der Waals surface area contributed by atoms with Crippen molar-refractivity contribution in [1.82, 2.24) is 0 Å². The molecule has 0 aromatic heterocycles. The third-order valence-corrected chi connectivity index (χ3v) is 7.61. The summed E-state index contributed by atoms with van der Waals surface area (Å²) in [4.78, 5) is 0. The topological polar surface area (TPSA) is 18.5 Å². The molecule has 0 aliphatic rings. The van der Waals surface area contributed by atoms with Crippen LogP contribution in [-0.4, -0.2) is 13.2 Å². The summed E-state index contributed by atoms with van der Waals surface area (Å²) in [5.74, 6) is 0.786. The number of hydrogen-bond acceptors (Lipinski definition) is 4. The molecule has 6 heteroatoms. The van der Waals surface area contributed by atoms with Crippen LogP contribution in [0.4, 0.5) is 0 Å². The lowest BCUT2D eigenvalue weighted by Crippen LogP contribution is -1.92. The van der Waals surface area contributed by atoms with Crippen LogP contribution in [0.1, 0.15) is 19.4 Å². The summed E-state index contributed by atoms with van der Waals surface area (Å²) in [6.07, 6.45) is 0. The highest BCUT2D eigenvalue weighted by Gasteiger charge is 2.18. The molecule has 0 fully saturated rings. The van der Waals surface area contributed by atoms with Gasteiger partial charge in [0.2, 0.25) is 5.69 Å². The summed E-state index contributed by atoms with van der Waals surface area (Å²) in [5, 5.41) is 0.743. The highest BCUT2D eigenvalue weighted by atomic mass is 35.5. The molecule has 1 aromatic rings. The second kappa shape index (κ2) is 7.78. The first-order chi connectivity index (χ1) is 8.09. The molecule has 0 aliphatic carbocycles. The van der Waals surface area contributed by atoms with Gasteiger partial charge in [0.15, 0.2) is 0 Å². The summed E-state index contributed by atoms with van der Waals surface area (Å²) in [6, 6.07) is 7.74. The van der Waals surface area contributed by atoms with Gasteiger partial charge in [-0.3, -0.25) is 0 Å². The molecule has 0 saturated heterocycles. The van der Waals surface area contributed by atoms with Gasteiger partial charge in [-0.05, 0) is 43.4 Å². The standard InChI is InChI=1S/C11H16ClO2PS2/c1-3-13-15(16,14-4-2)17-9-10-5-7-11(12)8-6-10/h5-8H,3-4,9H2,1-2H3. The van der Waals surface area contributed by atoms with Gasteiger partial charge < -0.3 is 9.05 Å². The van der Waals surface area contributed by atoms with Crippen LogP contribution in [0.5, 0.6) is 0 Å². The Bertz CT molecular complexity index is 374. The van der Waals surface area contributed by atoms with E-state index in [4.69, 9.17) is 32.5 Å². The van der Waals surface area contributed by atoms with Gasteiger partial charge in [-0.15, -0.1) is 0 Å². The normalized spacial score (nSPS) is 11.7. The van der Waals surface area contributed by atoms with Crippen LogP contribution >= 0.6 is 28.7 Å². The van der Waals surface area contributed by atoms with E-state index < -0.39 is 5.69 Å². The number of halogens is 1. The molecule has 2 nitrogen and oxygen atoms in total. The van der Waals surface area contributed by atoms with Crippen LogP contribution < -0.4 is 0 Å². The molecular weight excluding hydrogens is 295 g/mol. The van der Waals surface area contributed by atoms with Gasteiger partial charge in [-0.1, -0.05) is 35.1 Å². The Morgan fingerprint density at radius 1 is 1.18 bits per heavy atom. The van der Waals surface area contributed by atoms with Crippen LogP contribution in [0.25, 0.3) is 0 Å². The van der Waals surface area contributed by atoms with Crippen molar-refractivity contribution in [3.8, 4) is 0 Å². The Morgan fingerprint density at radius 3 is 2.18 bits per heavy atom. The van der Waals surface area contributed by atoms with Crippen molar-refractivity contribution in [3.05, 3.63) is 34.9 Å². The lowest BCUT2D eigenvalue weighted by atomic mass is 10.2. The fourth-order valence-electron chi connectivity index (χ4n) is 1.16. The lowest BCUT2D eigenvalue weighted by molar-refractivity contribution is 0.280. The summed E-state index contributed by atoms with van der Waals surface area (Å²) in [6.45, 7) is 5.04. The number of hydrogen-bond donors (Lipinski definition) is 0. The molecule has 96 valence electrons. The SMILES string of the molecule is CCOP(=S)(OCC)SCc1ccc(Cl)cc1. The van der Waals surface area contributed by atoms with Gasteiger partial charge in [0, 0.05) is 10.8 Å². The number of benzene rings is 1. The average Bonchev–Trinajstić information content (AvgIpc) is 2.29. The molecule has 0 unspecified atom stereocenters. The summed E-state index contributed by atoms with van der Waals surface area (Å²) in [5.41, 5.74) is -1.01. The molecule has 0 saturated carbocycles. The van der Waals surface area contributed by atoms with E-state index in [-0.39, 0.29) is 0 Å². The summed E-state index contributed by atoms with van der Waals surface area (Å²) >= 11 is 12.8. The fraction of sp³-hybridized carbons (Fsp3) is 0.455. The Morgan fingerprint density at radius 2 is 1.71 bits per heavy atom. The minimum atomic E-state index is -2.18. The van der Waals surface area contributed by atoms with E-state index in [0.717, 1.165) is 10.8 Å². The van der Waals surface area contributed by atoms with Gasteiger partial charge >= 0.3 is 0 Å². The predicted octanol–water partition coefficient (Wildman–Crippen LogP) is 4.87. The molecule has 0 amide bonds. The van der Waals surface area contributed by atoms with Crippen molar-refractivity contribution in [2.45, 2.75) is 19.6 Å². The average molecular weight is 311 g/mol. The Kier molecular flexibility index (Phi) is 7.08. The van der Waals surface area contributed by atoms with E-state index in [1.165, 1.54) is 5.56 Å². The van der Waals surface area contributed by atoms with Gasteiger partial charge in [0.25, 0.3) is 0 Å². The van der Waals surface area contributed by atoms with Crippen molar-refractivity contribution in [2.75, 3.05) is 13.2 Å². The van der Waals surface area contributed by atoms with Crippen LogP contribution in [0.2, 0.25) is 5.02 Å². The minimum absolute atomic E-state index is 0.588. The molecule has 17 heavy (non-hydrogen) atoms. The molecule has 0 radical (unpaired) electrons. The lowest BCUT2D eigenvalue weighted by Gasteiger charge is -2.19. The van der Waals surface area contributed by atoms with E-state index in [1.54, 1.807) is 11.4 Å². The monoisotopic (exact) mass is 310 g/mol. The molecule has 0 heterocycles. The zero-order chi connectivity index (χ0) is 12.7. The molecule has 0 N–H and O–H groups in total. The zero-order valence-corrected chi connectivity index (χ0v) is 13.2. The van der Waals surface area contributed by atoms with Crippen molar-refractivity contribution >= 4 is 40.5 Å². The maximum absolute atomic E-state index is 5.83. The van der Waals surface area contributed by atoms with E-state index >= 15 is 0 Å². The third kappa shape index (κ3) is 5.73. The van der Waals surface area contributed by atoms with E-state index in [0.29, 0.717) is 13.2 Å². The van der Waals surface area contributed by atoms with Gasteiger partial charge in [-0.2, -0.15) is 0 Å². The van der Waals surface area contributed by atoms with Crippen LogP contribution in [0, 0.1) is 0 Å². The fourth-order valence-corrected chi connectivity index (χ4v) is 5.75. The summed E-state index contributed by atoms with van der Waals surface area (Å²) < 4.78 is 11.1. The Balaban J connectivity index is 2.57. The second-order valence-electron chi connectivity index (χ2n) is 3.18. The van der Waals surface area contributed by atoms with Crippen LogP contribution in [0.15, 0.2) is 24.3 Å². The highest BCUT2D eigenvalue weighted by Crippen LogP contribution is 2.61. The predicted molar refractivity (Wildman–Crippen MR) is 80.3 cm³/mol. The van der Waals surface area contributed by atoms with Crippen molar-refractivity contribution in [3.63, 3.8) is 0 Å². The van der Waals surface area contributed by atoms with E-state index in [1.807, 2.05) is 38.1 Å². The molecule has 0 spiro atoms. The van der Waals surface area contributed by atoms with Crippen molar-refractivity contribution < 1.29 is 9.05 Å². The van der Waals surface area contributed by atoms with Crippen molar-refractivity contribution in [1.29, 1.82) is 0 Å². The van der Waals surface area contributed by atoms with Gasteiger partial charge in [-0.25, -0.2) is 0 Å². The van der Waals surface area contributed by atoms with Gasteiger partial charge in [0.1, 0.15) is 0 Å². The first kappa shape index (κ1) is 15.5. The van der Waals surface area contributed by atoms with Gasteiger partial charge in [0.05, 0.1) is 13.2 Å². The van der Waals surface area contributed by atoms with E-state index in [9.17, 15) is 0 Å². The van der Waals surface area contributed by atoms with E-state index in [2.05, 4.69) is 0 Å². The zero-order valence-electron chi connectivity index (χ0n) is 9.89. The highest BCUT2D eigenvalue weighted by molar-refractivity contribution is 8.67. The molecule has 0 aliphatic heterocycles. The Labute approximate surface area is 117 Å². The molecule has 1 rings (SSSR count). The Hall–Kier alpha value is 0.430. The summed E-state index contributed by atoms with van der Waals surface area (Å²) in [7, 11) is 0. The van der Waals surface area contributed by atoms with Crippen molar-refractivity contribution in [2.24, 2.45) is 0 Å². The first-order valence-electron chi connectivity index (χ1n) is 5.37. The molecule has 1 aromatic carbocycles.